The van der Waals surface area contributed by atoms with Crippen LogP contribution in [0.15, 0.2) is 155 Å². The highest BCUT2D eigenvalue weighted by Crippen LogP contribution is 2.38. The van der Waals surface area contributed by atoms with Crippen molar-refractivity contribution < 1.29 is 0 Å². The van der Waals surface area contributed by atoms with Gasteiger partial charge in [0, 0.05) is 38.8 Å². The number of thiol groups is 1. The summed E-state index contributed by atoms with van der Waals surface area (Å²) in [5, 5.41) is 2.38. The van der Waals surface area contributed by atoms with Crippen LogP contribution in [0.1, 0.15) is 22.7 Å². The van der Waals surface area contributed by atoms with Crippen molar-refractivity contribution in [3.63, 3.8) is 0 Å². The second kappa shape index (κ2) is 11.1. The van der Waals surface area contributed by atoms with Gasteiger partial charge in [0.1, 0.15) is 6.04 Å². The molecule has 1 aromatic heterocycles. The van der Waals surface area contributed by atoms with Gasteiger partial charge in [-0.05, 0) is 58.7 Å². The zero-order chi connectivity index (χ0) is 28.5. The highest BCUT2D eigenvalue weighted by molar-refractivity contribution is 7.80. The number of nitrogens with zero attached hydrogens (tertiary/aromatic N) is 2. The van der Waals surface area contributed by atoms with Crippen molar-refractivity contribution in [3.8, 4) is 16.8 Å². The van der Waals surface area contributed by atoms with Crippen LogP contribution in [0.5, 0.6) is 0 Å². The minimum atomic E-state index is -0.202. The molecule has 42 heavy (non-hydrogen) atoms. The van der Waals surface area contributed by atoms with E-state index in [0.29, 0.717) is 0 Å². The van der Waals surface area contributed by atoms with Crippen LogP contribution in [0.25, 0.3) is 38.6 Å². The van der Waals surface area contributed by atoms with Crippen LogP contribution in [0.4, 0.5) is 5.69 Å². The van der Waals surface area contributed by atoms with E-state index in [2.05, 4.69) is 108 Å². The lowest BCUT2D eigenvalue weighted by molar-refractivity contribution is 0.881. The van der Waals surface area contributed by atoms with Crippen LogP contribution in [-0.2, 0) is 0 Å². The molecule has 0 bridgehead atoms. The summed E-state index contributed by atoms with van der Waals surface area (Å²) in [5.74, 6) is 0. The maximum absolute atomic E-state index is 6.40. The smallest absolute Gasteiger partial charge is 0.102 e. The van der Waals surface area contributed by atoms with Crippen molar-refractivity contribution >= 4 is 46.3 Å². The highest BCUT2D eigenvalue weighted by atomic mass is 32.1. The fourth-order valence-corrected chi connectivity index (χ4v) is 6.10. The topological polar surface area (TPSA) is 43.3 Å². The van der Waals surface area contributed by atoms with Gasteiger partial charge in [0.05, 0.1) is 11.0 Å². The number of anilines is 1. The summed E-state index contributed by atoms with van der Waals surface area (Å²) < 4.78 is 2.34. The molecule has 6 aromatic carbocycles. The molecule has 2 N–H and O–H groups in total. The first-order valence-corrected chi connectivity index (χ1v) is 14.5. The molecule has 1 unspecified atom stereocenters. The van der Waals surface area contributed by atoms with Crippen molar-refractivity contribution in [2.75, 3.05) is 5.73 Å². The largest absolute Gasteiger partial charge is 0.398 e. The predicted octanol–water partition coefficient (Wildman–Crippen LogP) is 9.53. The molecule has 4 heteroatoms. The number of fused-ring (bicyclic) bond motifs is 3. The number of benzene rings is 6. The van der Waals surface area contributed by atoms with E-state index in [9.17, 15) is 0 Å². The Bertz CT molecular complexity index is 2060. The van der Waals surface area contributed by atoms with E-state index < -0.39 is 0 Å². The van der Waals surface area contributed by atoms with Crippen molar-refractivity contribution in [1.82, 2.24) is 4.57 Å². The van der Waals surface area contributed by atoms with Crippen LogP contribution in [0.2, 0.25) is 0 Å². The molecule has 0 saturated carbocycles. The second-order valence-electron chi connectivity index (χ2n) is 10.4. The van der Waals surface area contributed by atoms with E-state index in [0.717, 1.165) is 55.1 Å². The van der Waals surface area contributed by atoms with Gasteiger partial charge in [0.2, 0.25) is 0 Å². The monoisotopic (exact) mass is 559 g/mol. The molecule has 0 aliphatic heterocycles. The highest BCUT2D eigenvalue weighted by Gasteiger charge is 2.17. The SMILES string of the molecule is Nc1ccccc1C(/N=C/c1cccc(-n2c3ccccc3c3cc(S)c(-c4ccccc4)cc32)c1)c1ccccc1. The molecule has 1 heterocycles. The Morgan fingerprint density at radius 3 is 2.17 bits per heavy atom. The number of hydrogen-bond acceptors (Lipinski definition) is 3. The molecule has 0 spiro atoms. The number of aromatic nitrogens is 1. The van der Waals surface area contributed by atoms with Crippen LogP contribution in [-0.4, -0.2) is 10.8 Å². The van der Waals surface area contributed by atoms with Crippen molar-refractivity contribution in [1.29, 1.82) is 0 Å². The summed E-state index contributed by atoms with van der Waals surface area (Å²) in [5.41, 5.74) is 15.9. The van der Waals surface area contributed by atoms with Gasteiger partial charge in [0.15, 0.2) is 0 Å². The summed E-state index contributed by atoms with van der Waals surface area (Å²) in [6.07, 6.45) is 1.96. The van der Waals surface area contributed by atoms with Crippen molar-refractivity contribution in [2.24, 2.45) is 4.99 Å². The Morgan fingerprint density at radius 2 is 1.36 bits per heavy atom. The summed E-state index contributed by atoms with van der Waals surface area (Å²) >= 11 is 4.90. The summed E-state index contributed by atoms with van der Waals surface area (Å²) in [6.45, 7) is 0. The van der Waals surface area contributed by atoms with Gasteiger partial charge in [-0.15, -0.1) is 12.6 Å². The molecule has 0 fully saturated rings. The number of rotatable bonds is 6. The third kappa shape index (κ3) is 4.76. The van der Waals surface area contributed by atoms with E-state index >= 15 is 0 Å². The third-order valence-electron chi connectivity index (χ3n) is 7.78. The third-order valence-corrected chi connectivity index (χ3v) is 8.15. The Balaban J connectivity index is 1.36. The molecule has 0 saturated heterocycles. The molecular weight excluding hydrogens is 531 g/mol. The van der Waals surface area contributed by atoms with E-state index in [-0.39, 0.29) is 6.04 Å². The summed E-state index contributed by atoms with van der Waals surface area (Å²) in [4.78, 5) is 6.05. The van der Waals surface area contributed by atoms with Gasteiger partial charge in [0.25, 0.3) is 0 Å². The van der Waals surface area contributed by atoms with E-state index in [4.69, 9.17) is 23.4 Å². The summed E-state index contributed by atoms with van der Waals surface area (Å²) in [6, 6.07) is 50.1. The van der Waals surface area contributed by atoms with E-state index in [1.165, 1.54) is 10.8 Å². The minimum absolute atomic E-state index is 0.202. The first-order chi connectivity index (χ1) is 20.7. The normalized spacial score (nSPS) is 12.3. The van der Waals surface area contributed by atoms with Gasteiger partial charge < -0.3 is 10.3 Å². The average Bonchev–Trinajstić information content (AvgIpc) is 3.36. The lowest BCUT2D eigenvalue weighted by atomic mass is 9.98. The van der Waals surface area contributed by atoms with E-state index in [1.54, 1.807) is 0 Å². The summed E-state index contributed by atoms with van der Waals surface area (Å²) in [7, 11) is 0. The van der Waals surface area contributed by atoms with Gasteiger partial charge >= 0.3 is 0 Å². The molecule has 7 rings (SSSR count). The van der Waals surface area contributed by atoms with Gasteiger partial charge in [-0.25, -0.2) is 0 Å². The van der Waals surface area contributed by atoms with Crippen LogP contribution >= 0.6 is 12.6 Å². The fourth-order valence-electron chi connectivity index (χ4n) is 5.78. The molecule has 0 amide bonds. The quantitative estimate of drug-likeness (QED) is 0.119. The fraction of sp³-hybridized carbons (Fsp3) is 0.0263. The molecule has 3 nitrogen and oxygen atoms in total. The number of para-hydroxylation sites is 2. The lowest BCUT2D eigenvalue weighted by Crippen LogP contribution is -2.03. The molecule has 0 aliphatic rings. The Labute approximate surface area is 251 Å². The standard InChI is InChI=1S/C38H29N3S/c39-34-20-9-7-19-31(34)38(28-15-5-2-6-16-28)40-25-26-12-11-17-29(22-26)41-35-21-10-8-18-30(35)33-24-37(42)32(23-36(33)41)27-13-3-1-4-14-27/h1-25,38,42H,39H2/b40-25+. The predicted molar refractivity (Wildman–Crippen MR) is 180 cm³/mol. The van der Waals surface area contributed by atoms with Gasteiger partial charge in [-0.1, -0.05) is 109 Å². The lowest BCUT2D eigenvalue weighted by Gasteiger charge is -2.16. The van der Waals surface area contributed by atoms with Crippen LogP contribution in [0.3, 0.4) is 0 Å². The Morgan fingerprint density at radius 1 is 0.643 bits per heavy atom. The van der Waals surface area contributed by atoms with Gasteiger partial charge in [-0.3, -0.25) is 4.99 Å². The molecular formula is C38H29N3S. The Hall–Kier alpha value is -5.06. The average molecular weight is 560 g/mol. The van der Waals surface area contributed by atoms with E-state index in [1.807, 2.05) is 48.7 Å². The van der Waals surface area contributed by atoms with Crippen molar-refractivity contribution in [2.45, 2.75) is 10.9 Å². The van der Waals surface area contributed by atoms with Gasteiger partial charge in [-0.2, -0.15) is 0 Å². The number of nitrogens with two attached hydrogens (primary N) is 1. The molecule has 1 atom stereocenters. The van der Waals surface area contributed by atoms with Crippen molar-refractivity contribution in [3.05, 3.63) is 162 Å². The Kier molecular flexibility index (Phi) is 6.82. The molecule has 0 aliphatic carbocycles. The molecule has 202 valence electrons. The number of aliphatic imine (C=N–C) groups is 1. The van der Waals surface area contributed by atoms with Crippen LogP contribution in [0, 0.1) is 0 Å². The second-order valence-corrected chi connectivity index (χ2v) is 10.9. The molecule has 0 radical (unpaired) electrons. The maximum atomic E-state index is 6.40. The zero-order valence-corrected chi connectivity index (χ0v) is 23.8. The zero-order valence-electron chi connectivity index (χ0n) is 22.9. The van der Waals surface area contributed by atoms with Crippen LogP contribution < -0.4 is 5.73 Å². The first-order valence-electron chi connectivity index (χ1n) is 14.0. The number of nitrogen functional groups attached to an aromatic ring is 1. The minimum Gasteiger partial charge on any atom is -0.398 e. The molecule has 7 aromatic rings. The maximum Gasteiger partial charge on any atom is 0.102 e. The number of hydrogen-bond donors (Lipinski definition) is 2. The first kappa shape index (κ1) is 25.9.